The minimum atomic E-state index is 0.0728. The van der Waals surface area contributed by atoms with Crippen molar-refractivity contribution >= 4 is 0 Å². The first-order valence-electron chi connectivity index (χ1n) is 5.12. The zero-order valence-electron chi connectivity index (χ0n) is 9.31. The van der Waals surface area contributed by atoms with Gasteiger partial charge in [0.2, 0.25) is 0 Å². The second kappa shape index (κ2) is 5.58. The molecule has 0 aromatic rings. The van der Waals surface area contributed by atoms with E-state index in [1.165, 1.54) is 12.8 Å². The highest BCUT2D eigenvalue weighted by Gasteiger charge is 2.19. The van der Waals surface area contributed by atoms with Gasteiger partial charge in [0.05, 0.1) is 5.60 Å². The molecule has 0 rings (SSSR count). The SMILES string of the molecule is CCCCOC(C)(C)CC(C)C. The lowest BCUT2D eigenvalue weighted by molar-refractivity contribution is -0.0323. The molecule has 0 N–H and O–H groups in total. The highest BCUT2D eigenvalue weighted by atomic mass is 16.5. The molecule has 0 radical (unpaired) electrons. The summed E-state index contributed by atoms with van der Waals surface area (Å²) in [4.78, 5) is 0. The van der Waals surface area contributed by atoms with Crippen LogP contribution in [0, 0.1) is 5.92 Å². The van der Waals surface area contributed by atoms with Gasteiger partial charge >= 0.3 is 0 Å². The average Bonchev–Trinajstić information content (AvgIpc) is 1.84. The Bertz CT molecular complexity index is 106. The van der Waals surface area contributed by atoms with Crippen LogP contribution < -0.4 is 0 Å². The molecule has 1 heteroatoms. The summed E-state index contributed by atoms with van der Waals surface area (Å²) < 4.78 is 5.78. The summed E-state index contributed by atoms with van der Waals surface area (Å²) in [5, 5.41) is 0. The Morgan fingerprint density at radius 3 is 2.25 bits per heavy atom. The molecule has 0 aliphatic carbocycles. The maximum absolute atomic E-state index is 5.78. The zero-order valence-corrected chi connectivity index (χ0v) is 9.31. The van der Waals surface area contributed by atoms with Gasteiger partial charge in [0.15, 0.2) is 0 Å². The first-order valence-corrected chi connectivity index (χ1v) is 5.12. The largest absolute Gasteiger partial charge is 0.376 e. The molecular formula is C11H24O. The van der Waals surface area contributed by atoms with Crippen LogP contribution in [-0.4, -0.2) is 12.2 Å². The molecule has 0 spiro atoms. The molecule has 0 aliphatic heterocycles. The van der Waals surface area contributed by atoms with Gasteiger partial charge in [-0.1, -0.05) is 27.2 Å². The molecule has 0 heterocycles. The Morgan fingerprint density at radius 2 is 1.83 bits per heavy atom. The number of rotatable bonds is 6. The number of hydrogen-bond donors (Lipinski definition) is 0. The fraction of sp³-hybridized carbons (Fsp3) is 1.00. The van der Waals surface area contributed by atoms with E-state index in [1.807, 2.05) is 0 Å². The Balaban J connectivity index is 3.56. The third-order valence-electron chi connectivity index (χ3n) is 1.89. The van der Waals surface area contributed by atoms with Crippen molar-refractivity contribution in [2.45, 2.75) is 59.5 Å². The van der Waals surface area contributed by atoms with Gasteiger partial charge in [-0.3, -0.25) is 0 Å². The number of ether oxygens (including phenoxy) is 1. The fourth-order valence-corrected chi connectivity index (χ4v) is 1.53. The van der Waals surface area contributed by atoms with Crippen LogP contribution in [0.2, 0.25) is 0 Å². The van der Waals surface area contributed by atoms with Crippen molar-refractivity contribution < 1.29 is 4.74 Å². The molecule has 0 amide bonds. The van der Waals surface area contributed by atoms with E-state index >= 15 is 0 Å². The number of unbranched alkanes of at least 4 members (excludes halogenated alkanes) is 1. The van der Waals surface area contributed by atoms with Crippen molar-refractivity contribution in [2.24, 2.45) is 5.92 Å². The second-order valence-electron chi connectivity index (χ2n) is 4.56. The smallest absolute Gasteiger partial charge is 0.0628 e. The van der Waals surface area contributed by atoms with Gasteiger partial charge in [0, 0.05) is 6.61 Å². The molecular weight excluding hydrogens is 148 g/mol. The lowest BCUT2D eigenvalue weighted by atomic mass is 9.96. The van der Waals surface area contributed by atoms with Gasteiger partial charge in [0.1, 0.15) is 0 Å². The molecule has 12 heavy (non-hydrogen) atoms. The monoisotopic (exact) mass is 172 g/mol. The van der Waals surface area contributed by atoms with E-state index in [2.05, 4.69) is 34.6 Å². The van der Waals surface area contributed by atoms with Crippen molar-refractivity contribution in [1.82, 2.24) is 0 Å². The van der Waals surface area contributed by atoms with Gasteiger partial charge in [0.25, 0.3) is 0 Å². The quantitative estimate of drug-likeness (QED) is 0.556. The van der Waals surface area contributed by atoms with E-state index in [4.69, 9.17) is 4.74 Å². The molecule has 0 atom stereocenters. The van der Waals surface area contributed by atoms with Crippen molar-refractivity contribution in [3.05, 3.63) is 0 Å². The molecule has 0 aliphatic rings. The zero-order chi connectivity index (χ0) is 9.61. The third kappa shape index (κ3) is 6.66. The highest BCUT2D eigenvalue weighted by Crippen LogP contribution is 2.20. The maximum atomic E-state index is 5.78. The second-order valence-corrected chi connectivity index (χ2v) is 4.56. The molecule has 0 fully saturated rings. The van der Waals surface area contributed by atoms with E-state index in [-0.39, 0.29) is 5.60 Å². The lowest BCUT2D eigenvalue weighted by Gasteiger charge is -2.27. The predicted molar refractivity (Wildman–Crippen MR) is 54.4 cm³/mol. The van der Waals surface area contributed by atoms with Crippen LogP contribution in [0.5, 0.6) is 0 Å². The highest BCUT2D eigenvalue weighted by molar-refractivity contribution is 4.70. The Kier molecular flexibility index (Phi) is 5.56. The van der Waals surface area contributed by atoms with Gasteiger partial charge in [-0.2, -0.15) is 0 Å². The van der Waals surface area contributed by atoms with E-state index < -0.39 is 0 Å². The summed E-state index contributed by atoms with van der Waals surface area (Å²) in [7, 11) is 0. The van der Waals surface area contributed by atoms with Crippen LogP contribution >= 0.6 is 0 Å². The summed E-state index contributed by atoms with van der Waals surface area (Å²) in [6.07, 6.45) is 3.55. The van der Waals surface area contributed by atoms with Crippen LogP contribution in [0.1, 0.15) is 53.9 Å². The Labute approximate surface area is 77.5 Å². The number of hydrogen-bond acceptors (Lipinski definition) is 1. The predicted octanol–water partition coefficient (Wildman–Crippen LogP) is 3.63. The fourth-order valence-electron chi connectivity index (χ4n) is 1.53. The van der Waals surface area contributed by atoms with Crippen molar-refractivity contribution in [2.75, 3.05) is 6.61 Å². The normalized spacial score (nSPS) is 12.5. The van der Waals surface area contributed by atoms with Gasteiger partial charge < -0.3 is 4.74 Å². The third-order valence-corrected chi connectivity index (χ3v) is 1.89. The summed E-state index contributed by atoms with van der Waals surface area (Å²) in [5.41, 5.74) is 0.0728. The van der Waals surface area contributed by atoms with Gasteiger partial charge in [-0.15, -0.1) is 0 Å². The van der Waals surface area contributed by atoms with Crippen molar-refractivity contribution in [3.8, 4) is 0 Å². The Hall–Kier alpha value is -0.0400. The summed E-state index contributed by atoms with van der Waals surface area (Å²) in [5.74, 6) is 0.724. The molecule has 0 saturated heterocycles. The van der Waals surface area contributed by atoms with Crippen molar-refractivity contribution in [3.63, 3.8) is 0 Å². The topological polar surface area (TPSA) is 9.23 Å². The summed E-state index contributed by atoms with van der Waals surface area (Å²) in [6, 6.07) is 0. The molecule has 74 valence electrons. The van der Waals surface area contributed by atoms with Gasteiger partial charge in [-0.05, 0) is 32.6 Å². The molecule has 0 aromatic heterocycles. The van der Waals surface area contributed by atoms with Crippen molar-refractivity contribution in [1.29, 1.82) is 0 Å². The summed E-state index contributed by atoms with van der Waals surface area (Å²) >= 11 is 0. The average molecular weight is 172 g/mol. The van der Waals surface area contributed by atoms with Crippen LogP contribution in [0.25, 0.3) is 0 Å². The van der Waals surface area contributed by atoms with E-state index in [0.29, 0.717) is 0 Å². The Morgan fingerprint density at radius 1 is 1.25 bits per heavy atom. The van der Waals surface area contributed by atoms with Crippen LogP contribution in [0.4, 0.5) is 0 Å². The minimum absolute atomic E-state index is 0.0728. The summed E-state index contributed by atoms with van der Waals surface area (Å²) in [6.45, 7) is 12.0. The molecule has 0 saturated carbocycles. The maximum Gasteiger partial charge on any atom is 0.0628 e. The van der Waals surface area contributed by atoms with E-state index in [1.54, 1.807) is 0 Å². The minimum Gasteiger partial charge on any atom is -0.376 e. The molecule has 0 unspecified atom stereocenters. The van der Waals surface area contributed by atoms with Crippen LogP contribution in [0.15, 0.2) is 0 Å². The lowest BCUT2D eigenvalue weighted by Crippen LogP contribution is -2.26. The van der Waals surface area contributed by atoms with Crippen LogP contribution in [-0.2, 0) is 4.74 Å². The van der Waals surface area contributed by atoms with E-state index in [0.717, 1.165) is 18.9 Å². The standard InChI is InChI=1S/C11H24O/c1-6-7-8-12-11(4,5)9-10(2)3/h10H,6-9H2,1-5H3. The first kappa shape index (κ1) is 12.0. The van der Waals surface area contributed by atoms with E-state index in [9.17, 15) is 0 Å². The van der Waals surface area contributed by atoms with Gasteiger partial charge in [-0.25, -0.2) is 0 Å². The molecule has 0 bridgehead atoms. The van der Waals surface area contributed by atoms with Crippen LogP contribution in [0.3, 0.4) is 0 Å². The molecule has 1 nitrogen and oxygen atoms in total. The molecule has 0 aromatic carbocycles. The first-order chi connectivity index (χ1) is 5.48.